The molecule has 0 atom stereocenters. The molecule has 2 aromatic rings. The van der Waals surface area contributed by atoms with Gasteiger partial charge in [-0.3, -0.25) is 0 Å². The molecule has 1 N–H and O–H groups in total. The van der Waals surface area contributed by atoms with Crippen LogP contribution in [0.15, 0.2) is 47.4 Å². The van der Waals surface area contributed by atoms with Crippen molar-refractivity contribution in [1.82, 2.24) is 9.80 Å². The molecule has 23 heavy (non-hydrogen) atoms. The minimum Gasteiger partial charge on any atom is -0.353 e. The standard InChI is InChI=1S/C18H19ClN4/c1-22-8-10-23(11-9-22)18-14-4-2-3-5-15(14)20-16-7-6-13(19)12-17(16)21-18/h2-7,12,20H,8-11H2,1H3/i2D,3D,4D,5D,8D2,9D2,10D2,11D2. The Morgan fingerprint density at radius 1 is 1.17 bits per heavy atom. The molecule has 2 heterocycles. The number of rotatable bonds is 0. The average Bonchev–Trinajstić information content (AvgIpc) is 2.91. The predicted molar refractivity (Wildman–Crippen MR) is 96.4 cm³/mol. The normalized spacial score (nSPS) is 34.0. The first-order valence-corrected chi connectivity index (χ1v) is 7.07. The van der Waals surface area contributed by atoms with Crippen molar-refractivity contribution in [2.24, 2.45) is 4.99 Å². The lowest BCUT2D eigenvalue weighted by molar-refractivity contribution is 0.216. The van der Waals surface area contributed by atoms with E-state index >= 15 is 0 Å². The van der Waals surface area contributed by atoms with E-state index in [1.807, 2.05) is 0 Å². The van der Waals surface area contributed by atoms with Gasteiger partial charge in [0.2, 0.25) is 0 Å². The quantitative estimate of drug-likeness (QED) is 0.794. The fraction of sp³-hybridized carbons (Fsp3) is 0.278. The Bertz CT molecular complexity index is 1250. The second kappa shape index (κ2) is 5.87. The van der Waals surface area contributed by atoms with Crippen molar-refractivity contribution >= 4 is 34.5 Å². The molecule has 1 saturated heterocycles. The van der Waals surface area contributed by atoms with Crippen molar-refractivity contribution in [3.05, 3.63) is 53.0 Å². The summed E-state index contributed by atoms with van der Waals surface area (Å²) in [6.45, 7) is -12.8. The maximum Gasteiger partial charge on any atom is 0.138 e. The van der Waals surface area contributed by atoms with E-state index in [2.05, 4.69) is 10.3 Å². The lowest BCUT2D eigenvalue weighted by atomic mass is 10.1. The third-order valence-electron chi connectivity index (χ3n) is 3.23. The van der Waals surface area contributed by atoms with Crippen LogP contribution in [0.2, 0.25) is 5.02 Å². The molecule has 1 fully saturated rings. The number of hydrogen-bond acceptors (Lipinski definition) is 4. The van der Waals surface area contributed by atoms with E-state index in [1.165, 1.54) is 18.2 Å². The van der Waals surface area contributed by atoms with Crippen molar-refractivity contribution in [2.45, 2.75) is 0 Å². The zero-order valence-electron chi connectivity index (χ0n) is 24.0. The first-order valence-electron chi connectivity index (χ1n) is 12.7. The molecule has 118 valence electrons. The number of benzene rings is 2. The van der Waals surface area contributed by atoms with Gasteiger partial charge in [0, 0.05) is 47.7 Å². The summed E-state index contributed by atoms with van der Waals surface area (Å²) < 4.78 is 101. The van der Waals surface area contributed by atoms with Gasteiger partial charge in [0.1, 0.15) is 5.84 Å². The van der Waals surface area contributed by atoms with Crippen LogP contribution in [0.4, 0.5) is 17.1 Å². The molecule has 2 aromatic carbocycles. The monoisotopic (exact) mass is 338 g/mol. The van der Waals surface area contributed by atoms with Crippen LogP contribution < -0.4 is 5.32 Å². The summed E-state index contributed by atoms with van der Waals surface area (Å²) >= 11 is 6.09. The van der Waals surface area contributed by atoms with Gasteiger partial charge in [0.25, 0.3) is 0 Å². The summed E-state index contributed by atoms with van der Waals surface area (Å²) in [6.07, 6.45) is 0. The third-order valence-corrected chi connectivity index (χ3v) is 3.46. The molecule has 2 aliphatic heterocycles. The van der Waals surface area contributed by atoms with Gasteiger partial charge in [-0.15, -0.1) is 0 Å². The van der Waals surface area contributed by atoms with E-state index in [1.54, 1.807) is 0 Å². The minimum absolute atomic E-state index is 0.00668. The van der Waals surface area contributed by atoms with Gasteiger partial charge in [-0.05, 0) is 37.3 Å². The van der Waals surface area contributed by atoms with E-state index in [-0.39, 0.29) is 27.0 Å². The lowest BCUT2D eigenvalue weighted by Gasteiger charge is -2.34. The molecule has 5 heteroatoms. The summed E-state index contributed by atoms with van der Waals surface area (Å²) in [6, 6.07) is 1.68. The number of hydrogen-bond donors (Lipinski definition) is 1. The van der Waals surface area contributed by atoms with Gasteiger partial charge in [0.15, 0.2) is 0 Å². The van der Waals surface area contributed by atoms with Crippen molar-refractivity contribution in [2.75, 3.05) is 38.4 Å². The molecule has 4 nitrogen and oxygen atoms in total. The summed E-state index contributed by atoms with van der Waals surface area (Å²) in [4.78, 5) is 4.80. The zero-order valence-corrected chi connectivity index (χ0v) is 12.7. The van der Waals surface area contributed by atoms with Crippen LogP contribution in [-0.2, 0) is 0 Å². The predicted octanol–water partition coefficient (Wildman–Crippen LogP) is 3.72. The van der Waals surface area contributed by atoms with Crippen LogP contribution in [0.3, 0.4) is 0 Å². The summed E-state index contributed by atoms with van der Waals surface area (Å²) in [5, 5.41) is 3.02. The molecule has 0 radical (unpaired) electrons. The van der Waals surface area contributed by atoms with Gasteiger partial charge in [-0.2, -0.15) is 0 Å². The summed E-state index contributed by atoms with van der Waals surface area (Å²) in [5.41, 5.74) is -0.501. The first-order chi connectivity index (χ1) is 15.9. The number of likely N-dealkylation sites (N-methyl/N-ethyl adjacent to an activating group) is 1. The summed E-state index contributed by atoms with van der Waals surface area (Å²) in [7, 11) is 0.915. The Balaban J connectivity index is 2.17. The van der Waals surface area contributed by atoms with Gasteiger partial charge in [-0.1, -0.05) is 23.7 Å². The number of para-hydroxylation sites is 1. The minimum atomic E-state index is -3.27. The highest BCUT2D eigenvalue weighted by molar-refractivity contribution is 6.31. The molecule has 0 aromatic heterocycles. The Morgan fingerprint density at radius 3 is 2.78 bits per heavy atom. The highest BCUT2D eigenvalue weighted by Gasteiger charge is 2.23. The van der Waals surface area contributed by atoms with Gasteiger partial charge < -0.3 is 15.1 Å². The van der Waals surface area contributed by atoms with Crippen LogP contribution in [0.1, 0.15) is 22.0 Å². The van der Waals surface area contributed by atoms with Crippen LogP contribution in [-0.4, -0.2) is 48.7 Å². The molecule has 0 spiro atoms. The maximum absolute atomic E-state index is 8.59. The number of nitrogens with zero attached hydrogens (tertiary/aromatic N) is 3. The number of nitrogens with one attached hydrogen (secondary N) is 1. The number of halogens is 1. The zero-order chi connectivity index (χ0) is 26.5. The van der Waals surface area contributed by atoms with Crippen LogP contribution in [0.5, 0.6) is 0 Å². The molecule has 0 aliphatic carbocycles. The Kier molecular flexibility index (Phi) is 1.65. The Labute approximate surface area is 158 Å². The molecular weight excluding hydrogens is 308 g/mol. The largest absolute Gasteiger partial charge is 0.353 e. The van der Waals surface area contributed by atoms with Crippen LogP contribution >= 0.6 is 11.6 Å². The van der Waals surface area contributed by atoms with E-state index in [0.717, 1.165) is 7.05 Å². The average molecular weight is 339 g/mol. The van der Waals surface area contributed by atoms with Crippen molar-refractivity contribution in [1.29, 1.82) is 0 Å². The van der Waals surface area contributed by atoms with Crippen molar-refractivity contribution in [3.63, 3.8) is 0 Å². The van der Waals surface area contributed by atoms with Crippen LogP contribution in [0.25, 0.3) is 0 Å². The molecule has 0 bridgehead atoms. The Hall–Kier alpha value is -2.04. The molecule has 2 aliphatic rings. The Morgan fingerprint density at radius 2 is 1.96 bits per heavy atom. The topological polar surface area (TPSA) is 30.9 Å². The number of amidine groups is 1. The SMILES string of the molecule is [2H]c1c([2H])c([2H])c2c(c1[2H])Nc1ccc(Cl)cc1N=C2N1C([2H])([2H])C([2H])([2H])N(C)C([2H])([2H])C1([2H])[2H]. The fourth-order valence-corrected chi connectivity index (χ4v) is 2.32. The van der Waals surface area contributed by atoms with E-state index in [9.17, 15) is 0 Å². The smallest absolute Gasteiger partial charge is 0.138 e. The van der Waals surface area contributed by atoms with Crippen LogP contribution in [0, 0.1) is 0 Å². The van der Waals surface area contributed by atoms with Crippen molar-refractivity contribution in [3.8, 4) is 0 Å². The van der Waals surface area contributed by atoms with Gasteiger partial charge in [0.05, 0.1) is 22.3 Å². The van der Waals surface area contributed by atoms with Gasteiger partial charge >= 0.3 is 0 Å². The first kappa shape index (κ1) is 6.46. The molecule has 4 rings (SSSR count). The molecule has 0 saturated carbocycles. The number of piperazine rings is 1. The number of aliphatic imine (C=N–C) groups is 1. The van der Waals surface area contributed by atoms with E-state index < -0.39 is 61.6 Å². The number of fused-ring (bicyclic) bond motifs is 2. The van der Waals surface area contributed by atoms with E-state index in [4.69, 9.17) is 28.1 Å². The highest BCUT2D eigenvalue weighted by Crippen LogP contribution is 2.36. The third kappa shape index (κ3) is 2.80. The van der Waals surface area contributed by atoms with Gasteiger partial charge in [-0.25, -0.2) is 4.99 Å². The lowest BCUT2D eigenvalue weighted by Crippen LogP contribution is -2.47. The maximum atomic E-state index is 8.59. The second-order valence-electron chi connectivity index (χ2n) is 4.81. The fourth-order valence-electron chi connectivity index (χ4n) is 2.16. The molecule has 0 unspecified atom stereocenters. The van der Waals surface area contributed by atoms with Crippen molar-refractivity contribution < 1.29 is 16.4 Å². The van der Waals surface area contributed by atoms with E-state index in [0.29, 0.717) is 4.90 Å². The summed E-state index contributed by atoms with van der Waals surface area (Å²) in [5.74, 6) is -0.726. The number of anilines is 2. The molecule has 0 amide bonds. The highest BCUT2D eigenvalue weighted by atomic mass is 35.5. The molecular formula is C18H19ClN4. The second-order valence-corrected chi connectivity index (χ2v) is 5.25.